The van der Waals surface area contributed by atoms with Gasteiger partial charge < -0.3 is 14.2 Å². The van der Waals surface area contributed by atoms with Gasteiger partial charge in [-0.15, -0.1) is 0 Å². The van der Waals surface area contributed by atoms with E-state index in [0.29, 0.717) is 43.6 Å². The third-order valence-corrected chi connectivity index (χ3v) is 7.13. The van der Waals surface area contributed by atoms with Crippen LogP contribution in [-0.4, -0.2) is 31.4 Å². The van der Waals surface area contributed by atoms with Crippen LogP contribution in [0.15, 0.2) is 63.5 Å². The van der Waals surface area contributed by atoms with Gasteiger partial charge in [-0.2, -0.15) is 0 Å². The lowest BCUT2D eigenvalue weighted by Gasteiger charge is -2.26. The number of allylic oxidation sites excluding steroid dienone is 1. The van der Waals surface area contributed by atoms with Crippen LogP contribution in [-0.2, 0) is 9.53 Å². The van der Waals surface area contributed by atoms with Crippen molar-refractivity contribution < 1.29 is 19.0 Å². The highest BCUT2D eigenvalue weighted by Crippen LogP contribution is 2.37. The fourth-order valence-corrected chi connectivity index (χ4v) is 5.31. The predicted molar refractivity (Wildman–Crippen MR) is 140 cm³/mol. The highest BCUT2D eigenvalue weighted by atomic mass is 32.1. The maximum absolute atomic E-state index is 13.8. The Balaban J connectivity index is 1.96. The number of fused-ring (bicyclic) bond motifs is 1. The molecule has 4 rings (SSSR count). The van der Waals surface area contributed by atoms with E-state index in [9.17, 15) is 9.59 Å². The molecule has 3 aromatic rings. The van der Waals surface area contributed by atoms with Gasteiger partial charge in [0, 0.05) is 5.56 Å². The maximum Gasteiger partial charge on any atom is 0.338 e. The highest BCUT2D eigenvalue weighted by molar-refractivity contribution is 7.07. The molecule has 0 saturated carbocycles. The monoisotopic (exact) mass is 506 g/mol. The summed E-state index contributed by atoms with van der Waals surface area (Å²) in [6, 6.07) is 12.7. The molecule has 7 nitrogen and oxygen atoms in total. The van der Waals surface area contributed by atoms with E-state index in [1.165, 1.54) is 16.9 Å². The molecule has 0 N–H and O–H groups in total. The third-order valence-electron chi connectivity index (χ3n) is 6.15. The molecular formula is C28H30N2O5S. The largest absolute Gasteiger partial charge is 0.497 e. The number of ether oxygens (including phenoxy) is 3. The standard InChI is InChI=1S/C28H30N2O5S/c1-7-35-27(32)24-17(4)29-28-30(25(24)21-15-20(33-5)12-13-22(21)34-6)26(31)23(36-28)14-18-8-10-19(11-9-18)16(2)3/h8-16,25H,7H2,1-6H3/b23-14-/t25-/m1/s1. The molecule has 0 radical (unpaired) electrons. The summed E-state index contributed by atoms with van der Waals surface area (Å²) >= 11 is 1.29. The van der Waals surface area contributed by atoms with Crippen LogP contribution in [0.5, 0.6) is 11.5 Å². The summed E-state index contributed by atoms with van der Waals surface area (Å²) in [5.41, 5.74) is 3.31. The summed E-state index contributed by atoms with van der Waals surface area (Å²) in [5, 5.41) is 0. The zero-order chi connectivity index (χ0) is 26.0. The average molecular weight is 507 g/mol. The first-order chi connectivity index (χ1) is 17.3. The minimum Gasteiger partial charge on any atom is -0.497 e. The van der Waals surface area contributed by atoms with Gasteiger partial charge in [-0.05, 0) is 55.2 Å². The van der Waals surface area contributed by atoms with Crippen LogP contribution in [0.3, 0.4) is 0 Å². The van der Waals surface area contributed by atoms with E-state index in [2.05, 4.69) is 31.0 Å². The van der Waals surface area contributed by atoms with E-state index >= 15 is 0 Å². The van der Waals surface area contributed by atoms with Gasteiger partial charge in [-0.1, -0.05) is 49.4 Å². The lowest BCUT2D eigenvalue weighted by atomic mass is 9.94. The number of thiazole rings is 1. The summed E-state index contributed by atoms with van der Waals surface area (Å²) < 4.78 is 18.5. The molecule has 0 saturated heterocycles. The van der Waals surface area contributed by atoms with Crippen LogP contribution in [0.1, 0.15) is 56.3 Å². The first kappa shape index (κ1) is 25.4. The van der Waals surface area contributed by atoms with Crippen molar-refractivity contribution in [3.8, 4) is 11.5 Å². The van der Waals surface area contributed by atoms with Gasteiger partial charge in [0.25, 0.3) is 5.56 Å². The summed E-state index contributed by atoms with van der Waals surface area (Å²) in [6.07, 6.45) is 1.86. The molecule has 1 aliphatic rings. The zero-order valence-electron chi connectivity index (χ0n) is 21.3. The first-order valence-electron chi connectivity index (χ1n) is 11.8. The number of esters is 1. The van der Waals surface area contributed by atoms with Crippen LogP contribution in [0.2, 0.25) is 0 Å². The predicted octanol–water partition coefficient (Wildman–Crippen LogP) is 3.94. The first-order valence-corrected chi connectivity index (χ1v) is 12.6. The molecular weight excluding hydrogens is 476 g/mol. The van der Waals surface area contributed by atoms with Crippen molar-refractivity contribution in [1.82, 2.24) is 4.57 Å². The Morgan fingerprint density at radius 3 is 2.47 bits per heavy atom. The maximum atomic E-state index is 13.8. The Morgan fingerprint density at radius 2 is 1.86 bits per heavy atom. The Kier molecular flexibility index (Phi) is 7.45. The second kappa shape index (κ2) is 10.5. The molecule has 0 unspecified atom stereocenters. The molecule has 1 atom stereocenters. The SMILES string of the molecule is CCOC(=O)C1=C(C)N=c2s/c(=C\c3ccc(C(C)C)cc3)c(=O)n2[C@@H]1c1cc(OC)ccc1OC. The molecule has 2 aromatic carbocycles. The minimum absolute atomic E-state index is 0.203. The molecule has 0 amide bonds. The summed E-state index contributed by atoms with van der Waals surface area (Å²) in [7, 11) is 3.12. The van der Waals surface area contributed by atoms with Gasteiger partial charge in [0.15, 0.2) is 4.80 Å². The van der Waals surface area contributed by atoms with Gasteiger partial charge in [-0.25, -0.2) is 9.79 Å². The topological polar surface area (TPSA) is 79.1 Å². The number of carbonyl (C=O) groups is 1. The highest BCUT2D eigenvalue weighted by Gasteiger charge is 2.35. The lowest BCUT2D eigenvalue weighted by molar-refractivity contribution is -0.139. The summed E-state index contributed by atoms with van der Waals surface area (Å²) in [5.74, 6) is 1.01. The average Bonchev–Trinajstić information content (AvgIpc) is 3.17. The van der Waals surface area contributed by atoms with Gasteiger partial charge in [0.05, 0.1) is 36.6 Å². The number of hydrogen-bond acceptors (Lipinski definition) is 7. The second-order valence-corrected chi connectivity index (χ2v) is 9.74. The van der Waals surface area contributed by atoms with Crippen molar-refractivity contribution in [2.75, 3.05) is 20.8 Å². The van der Waals surface area contributed by atoms with Gasteiger partial charge >= 0.3 is 5.97 Å². The molecule has 0 aliphatic carbocycles. The van der Waals surface area contributed by atoms with Crippen molar-refractivity contribution in [2.24, 2.45) is 4.99 Å². The van der Waals surface area contributed by atoms with Gasteiger partial charge in [-0.3, -0.25) is 9.36 Å². The summed E-state index contributed by atoms with van der Waals surface area (Å²) in [6.45, 7) is 7.99. The van der Waals surface area contributed by atoms with Crippen LogP contribution in [0, 0.1) is 0 Å². The van der Waals surface area contributed by atoms with E-state index < -0.39 is 12.0 Å². The lowest BCUT2D eigenvalue weighted by Crippen LogP contribution is -2.40. The zero-order valence-corrected chi connectivity index (χ0v) is 22.1. The van der Waals surface area contributed by atoms with Crippen LogP contribution in [0.25, 0.3) is 6.08 Å². The minimum atomic E-state index is -0.782. The number of nitrogens with zero attached hydrogens (tertiary/aromatic N) is 2. The van der Waals surface area contributed by atoms with Gasteiger partial charge in [0.2, 0.25) is 0 Å². The smallest absolute Gasteiger partial charge is 0.338 e. The number of methoxy groups -OCH3 is 2. The van der Waals surface area contributed by atoms with Crippen molar-refractivity contribution in [3.63, 3.8) is 0 Å². The molecule has 0 fully saturated rings. The fraction of sp³-hybridized carbons (Fsp3) is 0.321. The molecule has 1 aliphatic heterocycles. The Morgan fingerprint density at radius 1 is 1.14 bits per heavy atom. The molecule has 188 valence electrons. The van der Waals surface area contributed by atoms with E-state index in [4.69, 9.17) is 14.2 Å². The molecule has 0 spiro atoms. The number of hydrogen-bond donors (Lipinski definition) is 0. The number of rotatable bonds is 7. The van der Waals surface area contributed by atoms with Crippen LogP contribution in [0.4, 0.5) is 0 Å². The molecule has 0 bridgehead atoms. The summed E-state index contributed by atoms with van der Waals surface area (Å²) in [4.78, 5) is 32.1. The number of carbonyl (C=O) groups excluding carboxylic acids is 1. The number of aromatic nitrogens is 1. The second-order valence-electron chi connectivity index (χ2n) is 8.73. The molecule has 1 aromatic heterocycles. The Bertz CT molecular complexity index is 1500. The van der Waals surface area contributed by atoms with Crippen LogP contribution < -0.4 is 24.4 Å². The fourth-order valence-electron chi connectivity index (χ4n) is 4.27. The van der Waals surface area contributed by atoms with E-state index in [0.717, 1.165) is 5.56 Å². The molecule has 8 heteroatoms. The van der Waals surface area contributed by atoms with Crippen molar-refractivity contribution in [2.45, 2.75) is 39.7 Å². The Hall–Kier alpha value is -3.65. The van der Waals surface area contributed by atoms with Crippen molar-refractivity contribution in [1.29, 1.82) is 0 Å². The molecule has 36 heavy (non-hydrogen) atoms. The van der Waals surface area contributed by atoms with E-state index in [1.807, 2.05) is 18.2 Å². The normalized spacial score (nSPS) is 15.5. The third kappa shape index (κ3) is 4.73. The number of benzene rings is 2. The molecule has 2 heterocycles. The quantitative estimate of drug-likeness (QED) is 0.454. The van der Waals surface area contributed by atoms with Crippen LogP contribution >= 0.6 is 11.3 Å². The van der Waals surface area contributed by atoms with Gasteiger partial charge in [0.1, 0.15) is 17.5 Å². The van der Waals surface area contributed by atoms with E-state index in [-0.39, 0.29) is 12.2 Å². The van der Waals surface area contributed by atoms with Crippen molar-refractivity contribution >= 4 is 23.4 Å². The van der Waals surface area contributed by atoms with E-state index in [1.54, 1.807) is 50.8 Å². The van der Waals surface area contributed by atoms with Crippen molar-refractivity contribution in [3.05, 3.63) is 90.1 Å². The Labute approximate surface area is 214 Å².